The van der Waals surface area contributed by atoms with Crippen LogP contribution in [-0.2, 0) is 4.79 Å². The molecule has 1 aromatic rings. The van der Waals surface area contributed by atoms with Gasteiger partial charge in [-0.15, -0.1) is 0 Å². The van der Waals surface area contributed by atoms with Gasteiger partial charge < -0.3 is 5.73 Å². The number of carbonyl (C=O) groups is 2. The minimum absolute atomic E-state index is 0.349. The average molecular weight is 275 g/mol. The number of amides is 3. The molecule has 0 saturated carbocycles. The zero-order chi connectivity index (χ0) is 14.5. The number of hydrogen-bond acceptors (Lipinski definition) is 3. The van der Waals surface area contributed by atoms with Gasteiger partial charge in [0.15, 0.2) is 0 Å². The van der Waals surface area contributed by atoms with Crippen LogP contribution in [-0.4, -0.2) is 29.9 Å². The first-order valence-corrected chi connectivity index (χ1v) is 6.97. The summed E-state index contributed by atoms with van der Waals surface area (Å²) in [6.07, 6.45) is 2.13. The fourth-order valence-corrected chi connectivity index (χ4v) is 2.64. The van der Waals surface area contributed by atoms with E-state index in [1.165, 1.54) is 0 Å². The van der Waals surface area contributed by atoms with Gasteiger partial charge in [0.2, 0.25) is 5.91 Å². The first kappa shape index (κ1) is 14.5. The van der Waals surface area contributed by atoms with E-state index in [1.54, 1.807) is 0 Å². The molecule has 1 aliphatic rings. The van der Waals surface area contributed by atoms with Gasteiger partial charge in [0.05, 0.1) is 0 Å². The zero-order valence-corrected chi connectivity index (χ0v) is 11.7. The first-order valence-electron chi connectivity index (χ1n) is 6.97. The molecule has 1 atom stereocenters. The molecule has 5 heteroatoms. The molecule has 0 spiro atoms. The summed E-state index contributed by atoms with van der Waals surface area (Å²) in [6.45, 7) is 3.93. The summed E-state index contributed by atoms with van der Waals surface area (Å²) in [6, 6.07) is 8.26. The van der Waals surface area contributed by atoms with Crippen LogP contribution in [0.4, 0.5) is 4.79 Å². The molecule has 0 radical (unpaired) electrons. The maximum absolute atomic E-state index is 12.3. The lowest BCUT2D eigenvalue weighted by Gasteiger charge is -2.35. The van der Waals surface area contributed by atoms with Gasteiger partial charge in [-0.3, -0.25) is 15.0 Å². The lowest BCUT2D eigenvalue weighted by Crippen LogP contribution is -2.46. The summed E-state index contributed by atoms with van der Waals surface area (Å²) in [4.78, 5) is 25.4. The highest BCUT2D eigenvalue weighted by Gasteiger charge is 2.30. The van der Waals surface area contributed by atoms with Crippen LogP contribution in [0.3, 0.4) is 0 Å². The van der Waals surface area contributed by atoms with Crippen molar-refractivity contribution in [2.24, 2.45) is 11.7 Å². The van der Waals surface area contributed by atoms with Crippen molar-refractivity contribution >= 4 is 11.9 Å². The van der Waals surface area contributed by atoms with E-state index in [2.05, 4.69) is 17.1 Å². The summed E-state index contributed by atoms with van der Waals surface area (Å²) in [5, 5.41) is 2.21. The number of likely N-dealkylation sites (tertiary alicyclic amines) is 1. The second-order valence-corrected chi connectivity index (χ2v) is 5.39. The minimum atomic E-state index is -0.804. The van der Waals surface area contributed by atoms with Crippen LogP contribution in [0.1, 0.15) is 31.4 Å². The maximum atomic E-state index is 12.3. The van der Waals surface area contributed by atoms with Gasteiger partial charge in [-0.05, 0) is 37.4 Å². The first-order chi connectivity index (χ1) is 9.58. The van der Waals surface area contributed by atoms with Crippen molar-refractivity contribution < 1.29 is 9.59 Å². The molecule has 1 aromatic carbocycles. The van der Waals surface area contributed by atoms with E-state index in [-0.39, 0.29) is 5.91 Å². The van der Waals surface area contributed by atoms with Gasteiger partial charge in [-0.25, -0.2) is 4.79 Å². The molecule has 1 heterocycles. The Morgan fingerprint density at radius 1 is 1.25 bits per heavy atom. The van der Waals surface area contributed by atoms with E-state index in [0.29, 0.717) is 5.92 Å². The van der Waals surface area contributed by atoms with Crippen LogP contribution < -0.4 is 11.1 Å². The summed E-state index contributed by atoms with van der Waals surface area (Å²) in [5.41, 5.74) is 5.96. The third-order valence-corrected chi connectivity index (χ3v) is 3.79. The smallest absolute Gasteiger partial charge is 0.318 e. The summed E-state index contributed by atoms with van der Waals surface area (Å²) >= 11 is 0. The predicted octanol–water partition coefficient (Wildman–Crippen LogP) is 1.65. The summed E-state index contributed by atoms with van der Waals surface area (Å²) < 4.78 is 0. The highest BCUT2D eigenvalue weighted by Crippen LogP contribution is 2.26. The molecule has 2 rings (SSSR count). The molecular formula is C15H21N3O2. The molecule has 0 unspecified atom stereocenters. The number of urea groups is 1. The summed E-state index contributed by atoms with van der Waals surface area (Å²) in [5.74, 6) is 0.333. The second-order valence-electron chi connectivity index (χ2n) is 5.39. The molecular weight excluding hydrogens is 254 g/mol. The Bertz CT molecular complexity index is 467. The quantitative estimate of drug-likeness (QED) is 0.880. The Labute approximate surface area is 119 Å². The molecule has 3 N–H and O–H groups in total. The lowest BCUT2D eigenvalue weighted by atomic mass is 9.95. The number of nitrogens with one attached hydrogen (secondary N) is 1. The number of nitrogens with two attached hydrogens (primary N) is 1. The van der Waals surface area contributed by atoms with E-state index in [4.69, 9.17) is 5.73 Å². The van der Waals surface area contributed by atoms with Crippen LogP contribution in [0.15, 0.2) is 30.3 Å². The van der Waals surface area contributed by atoms with Gasteiger partial charge in [0, 0.05) is 0 Å². The average Bonchev–Trinajstić information content (AvgIpc) is 2.42. The second kappa shape index (κ2) is 6.52. The molecule has 0 bridgehead atoms. The van der Waals surface area contributed by atoms with E-state index in [1.807, 2.05) is 30.3 Å². The van der Waals surface area contributed by atoms with Crippen molar-refractivity contribution in [3.8, 4) is 0 Å². The number of hydrogen-bond donors (Lipinski definition) is 2. The van der Waals surface area contributed by atoms with Crippen LogP contribution in [0, 0.1) is 5.92 Å². The molecule has 0 aromatic heterocycles. The molecule has 1 saturated heterocycles. The van der Waals surface area contributed by atoms with Crippen molar-refractivity contribution in [1.29, 1.82) is 0 Å². The number of piperidine rings is 1. The standard InChI is InChI=1S/C15H21N3O2/c1-11-7-9-18(10-8-11)13(14(19)17-15(16)20)12-5-3-2-4-6-12/h2-6,11,13H,7-10H2,1H3,(H3,16,17,19,20)/t13-/m0/s1. The SMILES string of the molecule is CC1CCN([C@H](C(=O)NC(N)=O)c2ccccc2)CC1. The van der Waals surface area contributed by atoms with Gasteiger partial charge in [0.1, 0.15) is 6.04 Å². The van der Waals surface area contributed by atoms with Crippen molar-refractivity contribution in [3.63, 3.8) is 0 Å². The van der Waals surface area contributed by atoms with Gasteiger partial charge in [-0.2, -0.15) is 0 Å². The van der Waals surface area contributed by atoms with Crippen molar-refractivity contribution in [2.45, 2.75) is 25.8 Å². The predicted molar refractivity (Wildman–Crippen MR) is 76.9 cm³/mol. The van der Waals surface area contributed by atoms with Gasteiger partial charge >= 0.3 is 6.03 Å². The van der Waals surface area contributed by atoms with Gasteiger partial charge in [-0.1, -0.05) is 37.3 Å². The fourth-order valence-electron chi connectivity index (χ4n) is 2.64. The van der Waals surface area contributed by atoms with Crippen LogP contribution in [0.5, 0.6) is 0 Å². The van der Waals surface area contributed by atoms with E-state index in [0.717, 1.165) is 31.5 Å². The zero-order valence-electron chi connectivity index (χ0n) is 11.7. The maximum Gasteiger partial charge on any atom is 0.318 e. The Hall–Kier alpha value is -1.88. The largest absolute Gasteiger partial charge is 0.351 e. The molecule has 1 fully saturated rings. The highest BCUT2D eigenvalue weighted by molar-refractivity contribution is 5.96. The van der Waals surface area contributed by atoms with Crippen molar-refractivity contribution in [2.75, 3.05) is 13.1 Å². The Balaban J connectivity index is 2.20. The lowest BCUT2D eigenvalue weighted by molar-refractivity contribution is -0.126. The highest BCUT2D eigenvalue weighted by atomic mass is 16.2. The monoisotopic (exact) mass is 275 g/mol. The van der Waals surface area contributed by atoms with E-state index < -0.39 is 12.1 Å². The topological polar surface area (TPSA) is 75.4 Å². The van der Waals surface area contributed by atoms with E-state index in [9.17, 15) is 9.59 Å². The number of carbonyl (C=O) groups excluding carboxylic acids is 2. The van der Waals surface area contributed by atoms with Crippen LogP contribution >= 0.6 is 0 Å². The van der Waals surface area contributed by atoms with Crippen LogP contribution in [0.2, 0.25) is 0 Å². The van der Waals surface area contributed by atoms with E-state index >= 15 is 0 Å². The Morgan fingerprint density at radius 3 is 2.40 bits per heavy atom. The number of imide groups is 1. The summed E-state index contributed by atoms with van der Waals surface area (Å²) in [7, 11) is 0. The molecule has 1 aliphatic heterocycles. The van der Waals surface area contributed by atoms with Crippen LogP contribution in [0.25, 0.3) is 0 Å². The number of nitrogens with zero attached hydrogens (tertiary/aromatic N) is 1. The normalized spacial score (nSPS) is 18.4. The Morgan fingerprint density at radius 2 is 1.85 bits per heavy atom. The molecule has 0 aliphatic carbocycles. The van der Waals surface area contributed by atoms with Gasteiger partial charge in [0.25, 0.3) is 0 Å². The molecule has 108 valence electrons. The number of rotatable bonds is 3. The minimum Gasteiger partial charge on any atom is -0.351 e. The number of primary amides is 1. The Kier molecular flexibility index (Phi) is 4.74. The molecule has 20 heavy (non-hydrogen) atoms. The van der Waals surface area contributed by atoms with Crippen molar-refractivity contribution in [1.82, 2.24) is 10.2 Å². The third-order valence-electron chi connectivity index (χ3n) is 3.79. The fraction of sp³-hybridized carbons (Fsp3) is 0.467. The third kappa shape index (κ3) is 3.57. The molecule has 5 nitrogen and oxygen atoms in total. The van der Waals surface area contributed by atoms with Crippen molar-refractivity contribution in [3.05, 3.63) is 35.9 Å². The molecule has 3 amide bonds. The number of benzene rings is 1.